The second-order valence-electron chi connectivity index (χ2n) is 4.05. The summed E-state index contributed by atoms with van der Waals surface area (Å²) in [7, 11) is -3.28. The fourth-order valence-electron chi connectivity index (χ4n) is 1.59. The van der Waals surface area contributed by atoms with Crippen LogP contribution < -0.4 is 0 Å². The van der Waals surface area contributed by atoms with E-state index >= 15 is 0 Å². The molecule has 0 saturated heterocycles. The molecule has 0 heterocycles. The summed E-state index contributed by atoms with van der Waals surface area (Å²) in [5, 5.41) is 0. The lowest BCUT2D eigenvalue weighted by Crippen LogP contribution is -2.36. The van der Waals surface area contributed by atoms with E-state index in [-0.39, 0.29) is 15.1 Å². The number of nitrogens with zero attached hydrogens (tertiary/aromatic N) is 1. The fourth-order valence-corrected chi connectivity index (χ4v) is 3.30. The lowest BCUT2D eigenvalue weighted by Gasteiger charge is -2.20. The monoisotopic (exact) mass is 315 g/mol. The van der Waals surface area contributed by atoms with Gasteiger partial charge >= 0.3 is 6.18 Å². The summed E-state index contributed by atoms with van der Waals surface area (Å²) in [6.07, 6.45) is -4.58. The molecule has 0 radical (unpaired) electrons. The zero-order valence-corrected chi connectivity index (χ0v) is 11.9. The number of hydrogen-bond donors (Lipinski definition) is 0. The molecule has 0 aliphatic heterocycles. The van der Waals surface area contributed by atoms with Gasteiger partial charge < -0.3 is 0 Å². The first-order valence-corrected chi connectivity index (χ1v) is 7.24. The van der Waals surface area contributed by atoms with Gasteiger partial charge in [0, 0.05) is 12.9 Å². The third-order valence-electron chi connectivity index (χ3n) is 2.63. The largest absolute Gasteiger partial charge is 0.402 e. The molecule has 1 rings (SSSR count). The van der Waals surface area contributed by atoms with Crippen molar-refractivity contribution in [3.8, 4) is 0 Å². The van der Waals surface area contributed by atoms with Crippen LogP contribution in [0.3, 0.4) is 0 Å². The Labute approximate surface area is 115 Å². The SMILES string of the molecule is Cc1c(CCl)cccc1S(=O)(=O)N(C)CC(F)(F)F. The predicted molar refractivity (Wildman–Crippen MR) is 66.6 cm³/mol. The van der Waals surface area contributed by atoms with E-state index in [1.807, 2.05) is 0 Å². The molecule has 0 aliphatic rings. The van der Waals surface area contributed by atoms with Gasteiger partial charge in [-0.2, -0.15) is 17.5 Å². The number of benzene rings is 1. The molecule has 8 heteroatoms. The molecule has 0 fully saturated rings. The van der Waals surface area contributed by atoms with Gasteiger partial charge in [-0.3, -0.25) is 0 Å². The summed E-state index contributed by atoms with van der Waals surface area (Å²) in [5.74, 6) is 0.0954. The second kappa shape index (κ2) is 5.68. The van der Waals surface area contributed by atoms with Crippen molar-refractivity contribution in [2.75, 3.05) is 13.6 Å². The average molecular weight is 316 g/mol. The van der Waals surface area contributed by atoms with Crippen LogP contribution in [0.1, 0.15) is 11.1 Å². The van der Waals surface area contributed by atoms with Crippen LogP contribution in [0.5, 0.6) is 0 Å². The maximum atomic E-state index is 12.3. The standard InChI is InChI=1S/C11H13ClF3NO2S/c1-8-9(6-12)4-3-5-10(8)19(17,18)16(2)7-11(13,14)15/h3-5H,6-7H2,1-2H3. The molecule has 108 valence electrons. The number of sulfonamides is 1. The zero-order chi connectivity index (χ0) is 14.8. The molecule has 0 aliphatic carbocycles. The zero-order valence-electron chi connectivity index (χ0n) is 10.3. The van der Waals surface area contributed by atoms with Crippen molar-refractivity contribution in [3.63, 3.8) is 0 Å². The summed E-state index contributed by atoms with van der Waals surface area (Å²) in [6.45, 7) is -0.00803. The Morgan fingerprint density at radius 2 is 1.89 bits per heavy atom. The van der Waals surface area contributed by atoms with Crippen LogP contribution >= 0.6 is 11.6 Å². The molecule has 1 aromatic rings. The van der Waals surface area contributed by atoms with Crippen LogP contribution in [0.4, 0.5) is 13.2 Å². The minimum atomic E-state index is -4.58. The third kappa shape index (κ3) is 3.84. The Morgan fingerprint density at radius 3 is 2.37 bits per heavy atom. The summed E-state index contributed by atoms with van der Waals surface area (Å²) in [4.78, 5) is -0.155. The van der Waals surface area contributed by atoms with Gasteiger partial charge in [0.05, 0.1) is 4.90 Å². The van der Waals surface area contributed by atoms with Gasteiger partial charge in [0.1, 0.15) is 6.54 Å². The van der Waals surface area contributed by atoms with Gasteiger partial charge in [-0.1, -0.05) is 12.1 Å². The van der Waals surface area contributed by atoms with Crippen LogP contribution in [0.25, 0.3) is 0 Å². The molecule has 0 saturated carbocycles. The minimum Gasteiger partial charge on any atom is -0.207 e. The third-order valence-corrected chi connectivity index (χ3v) is 4.87. The van der Waals surface area contributed by atoms with E-state index in [0.717, 1.165) is 7.05 Å². The Balaban J connectivity index is 3.21. The Morgan fingerprint density at radius 1 is 1.32 bits per heavy atom. The smallest absolute Gasteiger partial charge is 0.207 e. The Kier molecular flexibility index (Phi) is 4.86. The van der Waals surface area contributed by atoms with E-state index in [9.17, 15) is 21.6 Å². The van der Waals surface area contributed by atoms with Crippen molar-refractivity contribution in [3.05, 3.63) is 29.3 Å². The number of alkyl halides is 4. The summed E-state index contributed by atoms with van der Waals surface area (Å²) in [5.41, 5.74) is 0.940. The van der Waals surface area contributed by atoms with E-state index < -0.39 is 22.7 Å². The summed E-state index contributed by atoms with van der Waals surface area (Å²) < 4.78 is 61.3. The highest BCUT2D eigenvalue weighted by Crippen LogP contribution is 2.25. The molecule has 0 aromatic heterocycles. The van der Waals surface area contributed by atoms with Crippen molar-refractivity contribution in [2.45, 2.75) is 23.9 Å². The second-order valence-corrected chi connectivity index (χ2v) is 6.33. The highest BCUT2D eigenvalue weighted by atomic mass is 35.5. The number of hydrogen-bond acceptors (Lipinski definition) is 2. The van der Waals surface area contributed by atoms with Crippen molar-refractivity contribution in [1.29, 1.82) is 0 Å². The van der Waals surface area contributed by atoms with Crippen LogP contribution in [0.15, 0.2) is 23.1 Å². The van der Waals surface area contributed by atoms with Crippen LogP contribution in [-0.4, -0.2) is 32.5 Å². The molecule has 3 nitrogen and oxygen atoms in total. The van der Waals surface area contributed by atoms with Gasteiger partial charge in [-0.15, -0.1) is 11.6 Å². The molecule has 19 heavy (non-hydrogen) atoms. The molecule has 1 aromatic carbocycles. The van der Waals surface area contributed by atoms with Crippen molar-refractivity contribution in [2.24, 2.45) is 0 Å². The summed E-state index contributed by atoms with van der Waals surface area (Å²) in [6, 6.07) is 4.36. The Bertz CT molecular complexity index is 558. The first kappa shape index (κ1) is 16.3. The van der Waals surface area contributed by atoms with Crippen LogP contribution in [-0.2, 0) is 15.9 Å². The molecule has 0 atom stereocenters. The van der Waals surface area contributed by atoms with E-state index in [1.165, 1.54) is 19.1 Å². The topological polar surface area (TPSA) is 37.4 Å². The van der Waals surface area contributed by atoms with Gasteiger partial charge in [-0.25, -0.2) is 8.42 Å². The van der Waals surface area contributed by atoms with Crippen molar-refractivity contribution in [1.82, 2.24) is 4.31 Å². The molecule has 0 unspecified atom stereocenters. The normalized spacial score (nSPS) is 13.0. The first-order chi connectivity index (χ1) is 8.59. The molecule has 0 spiro atoms. The molecule has 0 amide bonds. The van der Waals surface area contributed by atoms with E-state index in [2.05, 4.69) is 0 Å². The quantitative estimate of drug-likeness (QED) is 0.801. The number of rotatable bonds is 4. The van der Waals surface area contributed by atoms with Gasteiger partial charge in [0.25, 0.3) is 0 Å². The maximum absolute atomic E-state index is 12.3. The lowest BCUT2D eigenvalue weighted by molar-refractivity contribution is -0.134. The van der Waals surface area contributed by atoms with Gasteiger partial charge in [-0.05, 0) is 24.1 Å². The van der Waals surface area contributed by atoms with Gasteiger partial charge in [0.2, 0.25) is 10.0 Å². The van der Waals surface area contributed by atoms with E-state index in [1.54, 1.807) is 6.07 Å². The maximum Gasteiger partial charge on any atom is 0.402 e. The molecule has 0 N–H and O–H groups in total. The first-order valence-electron chi connectivity index (χ1n) is 5.27. The van der Waals surface area contributed by atoms with Crippen LogP contribution in [0, 0.1) is 6.92 Å². The van der Waals surface area contributed by atoms with E-state index in [4.69, 9.17) is 11.6 Å². The molecular weight excluding hydrogens is 303 g/mol. The summed E-state index contributed by atoms with van der Waals surface area (Å²) >= 11 is 5.65. The van der Waals surface area contributed by atoms with Gasteiger partial charge in [0.15, 0.2) is 0 Å². The predicted octanol–water partition coefficient (Wildman–Crippen LogP) is 2.92. The average Bonchev–Trinajstić information content (AvgIpc) is 2.26. The lowest BCUT2D eigenvalue weighted by atomic mass is 10.1. The van der Waals surface area contributed by atoms with Crippen molar-refractivity contribution >= 4 is 21.6 Å². The number of halogens is 4. The highest BCUT2D eigenvalue weighted by molar-refractivity contribution is 7.89. The fraction of sp³-hybridized carbons (Fsp3) is 0.455. The van der Waals surface area contributed by atoms with Crippen molar-refractivity contribution < 1.29 is 21.6 Å². The van der Waals surface area contributed by atoms with E-state index in [0.29, 0.717) is 11.1 Å². The Hall–Kier alpha value is -0.790. The molecular formula is C11H13ClF3NO2S. The highest BCUT2D eigenvalue weighted by Gasteiger charge is 2.35. The molecule has 0 bridgehead atoms. The minimum absolute atomic E-state index is 0.0954. The van der Waals surface area contributed by atoms with Crippen LogP contribution in [0.2, 0.25) is 0 Å².